The second-order valence-electron chi connectivity index (χ2n) is 3.12. The molecule has 1 aromatic rings. The van der Waals surface area contributed by atoms with Crippen molar-refractivity contribution in [3.05, 3.63) is 23.8 Å². The van der Waals surface area contributed by atoms with E-state index in [1.165, 1.54) is 0 Å². The standard InChI is InChI=1S/C10H10O4/c1-13-7-3-2-6-4-9(10(11)12)14-8(6)5-7/h2-3,5,9H,4H2,1H3,(H,11,12). The van der Waals surface area contributed by atoms with Gasteiger partial charge in [0.05, 0.1) is 7.11 Å². The summed E-state index contributed by atoms with van der Waals surface area (Å²) >= 11 is 0. The molecule has 1 unspecified atom stereocenters. The molecule has 2 rings (SSSR count). The van der Waals surface area contributed by atoms with E-state index in [0.29, 0.717) is 17.9 Å². The number of carboxylic acid groups (broad SMARTS) is 1. The minimum atomic E-state index is -0.930. The van der Waals surface area contributed by atoms with Gasteiger partial charge in [0.25, 0.3) is 0 Å². The zero-order chi connectivity index (χ0) is 10.1. The largest absolute Gasteiger partial charge is 0.497 e. The van der Waals surface area contributed by atoms with Crippen molar-refractivity contribution in [3.8, 4) is 11.5 Å². The number of methoxy groups -OCH3 is 1. The van der Waals surface area contributed by atoms with Gasteiger partial charge in [-0.15, -0.1) is 0 Å². The molecule has 0 spiro atoms. The van der Waals surface area contributed by atoms with E-state index in [-0.39, 0.29) is 0 Å². The van der Waals surface area contributed by atoms with Crippen LogP contribution in [0.2, 0.25) is 0 Å². The van der Waals surface area contributed by atoms with Crippen LogP contribution in [0.3, 0.4) is 0 Å². The third-order valence-electron chi connectivity index (χ3n) is 2.22. The van der Waals surface area contributed by atoms with Crippen molar-refractivity contribution in [2.24, 2.45) is 0 Å². The van der Waals surface area contributed by atoms with Gasteiger partial charge in [-0.3, -0.25) is 0 Å². The molecule has 0 fully saturated rings. The van der Waals surface area contributed by atoms with Crippen LogP contribution in [-0.2, 0) is 11.2 Å². The van der Waals surface area contributed by atoms with Gasteiger partial charge in [0, 0.05) is 12.5 Å². The third kappa shape index (κ3) is 1.39. The highest BCUT2D eigenvalue weighted by Gasteiger charge is 2.28. The van der Waals surface area contributed by atoms with Gasteiger partial charge in [0.2, 0.25) is 0 Å². The molecule has 0 aliphatic carbocycles. The van der Waals surface area contributed by atoms with Gasteiger partial charge in [-0.2, -0.15) is 0 Å². The van der Waals surface area contributed by atoms with E-state index in [0.717, 1.165) is 5.56 Å². The Labute approximate surface area is 81.1 Å². The highest BCUT2D eigenvalue weighted by atomic mass is 16.5. The fraction of sp³-hybridized carbons (Fsp3) is 0.300. The SMILES string of the molecule is COc1ccc2c(c1)OC(C(=O)O)C2. The summed E-state index contributed by atoms with van der Waals surface area (Å²) in [6.07, 6.45) is -0.327. The summed E-state index contributed by atoms with van der Waals surface area (Å²) in [6, 6.07) is 5.34. The summed E-state index contributed by atoms with van der Waals surface area (Å²) in [5, 5.41) is 8.76. The molecule has 0 saturated heterocycles. The predicted octanol–water partition coefficient (Wildman–Crippen LogP) is 1.08. The molecule has 0 aromatic heterocycles. The monoisotopic (exact) mass is 194 g/mol. The van der Waals surface area contributed by atoms with Crippen LogP contribution in [0, 0.1) is 0 Å². The van der Waals surface area contributed by atoms with Crippen LogP contribution in [0.25, 0.3) is 0 Å². The van der Waals surface area contributed by atoms with Crippen LogP contribution < -0.4 is 9.47 Å². The highest BCUT2D eigenvalue weighted by molar-refractivity contribution is 5.74. The quantitative estimate of drug-likeness (QED) is 0.765. The van der Waals surface area contributed by atoms with E-state index >= 15 is 0 Å². The van der Waals surface area contributed by atoms with E-state index < -0.39 is 12.1 Å². The first-order valence-electron chi connectivity index (χ1n) is 4.27. The number of aliphatic carboxylic acids is 1. The minimum Gasteiger partial charge on any atom is -0.497 e. The van der Waals surface area contributed by atoms with E-state index in [4.69, 9.17) is 14.6 Å². The lowest BCUT2D eigenvalue weighted by molar-refractivity contribution is -0.144. The van der Waals surface area contributed by atoms with Crippen molar-refractivity contribution in [2.45, 2.75) is 12.5 Å². The zero-order valence-corrected chi connectivity index (χ0v) is 7.69. The molecule has 74 valence electrons. The average Bonchev–Trinajstić information content (AvgIpc) is 2.59. The van der Waals surface area contributed by atoms with Crippen LogP contribution in [0.4, 0.5) is 0 Å². The van der Waals surface area contributed by atoms with Gasteiger partial charge < -0.3 is 14.6 Å². The summed E-state index contributed by atoms with van der Waals surface area (Å²) in [6.45, 7) is 0. The number of benzene rings is 1. The lowest BCUT2D eigenvalue weighted by atomic mass is 10.1. The van der Waals surface area contributed by atoms with Crippen LogP contribution in [-0.4, -0.2) is 24.3 Å². The molecule has 1 aromatic carbocycles. The first kappa shape index (κ1) is 8.87. The number of rotatable bonds is 2. The average molecular weight is 194 g/mol. The molecule has 1 atom stereocenters. The molecule has 0 amide bonds. The first-order valence-corrected chi connectivity index (χ1v) is 4.27. The Morgan fingerprint density at radius 1 is 1.64 bits per heavy atom. The molecule has 1 N–H and O–H groups in total. The number of carbonyl (C=O) groups is 1. The lowest BCUT2D eigenvalue weighted by Crippen LogP contribution is -2.24. The summed E-state index contributed by atoms with van der Waals surface area (Å²) in [5.74, 6) is 0.353. The maximum absolute atomic E-state index is 10.7. The van der Waals surface area contributed by atoms with Crippen LogP contribution >= 0.6 is 0 Å². The Balaban J connectivity index is 2.27. The topological polar surface area (TPSA) is 55.8 Å². The number of fused-ring (bicyclic) bond motifs is 1. The molecule has 0 radical (unpaired) electrons. The van der Waals surface area contributed by atoms with Gasteiger partial charge in [-0.25, -0.2) is 4.79 Å². The third-order valence-corrected chi connectivity index (χ3v) is 2.22. The maximum Gasteiger partial charge on any atom is 0.345 e. The van der Waals surface area contributed by atoms with Crippen molar-refractivity contribution in [2.75, 3.05) is 7.11 Å². The van der Waals surface area contributed by atoms with Gasteiger partial charge in [0.1, 0.15) is 11.5 Å². The second-order valence-corrected chi connectivity index (χ2v) is 3.12. The minimum absolute atomic E-state index is 0.425. The van der Waals surface area contributed by atoms with Gasteiger partial charge in [-0.1, -0.05) is 6.07 Å². The van der Waals surface area contributed by atoms with Crippen molar-refractivity contribution in [1.82, 2.24) is 0 Å². The molecular weight excluding hydrogens is 184 g/mol. The molecule has 1 heterocycles. The van der Waals surface area contributed by atoms with Crippen LogP contribution in [0.1, 0.15) is 5.56 Å². The number of ether oxygens (including phenoxy) is 2. The summed E-state index contributed by atoms with van der Waals surface area (Å²) in [5.41, 5.74) is 0.915. The Morgan fingerprint density at radius 2 is 2.43 bits per heavy atom. The first-order chi connectivity index (χ1) is 6.70. The van der Waals surface area contributed by atoms with Gasteiger partial charge in [-0.05, 0) is 11.6 Å². The molecule has 4 nitrogen and oxygen atoms in total. The molecule has 0 bridgehead atoms. The molecule has 0 saturated carbocycles. The highest BCUT2D eigenvalue weighted by Crippen LogP contribution is 2.32. The number of hydrogen-bond donors (Lipinski definition) is 1. The summed E-state index contributed by atoms with van der Waals surface area (Å²) < 4.78 is 10.2. The fourth-order valence-corrected chi connectivity index (χ4v) is 1.47. The molecule has 1 aliphatic rings. The molecular formula is C10H10O4. The zero-order valence-electron chi connectivity index (χ0n) is 7.69. The van der Waals surface area contributed by atoms with E-state index in [1.807, 2.05) is 6.07 Å². The summed E-state index contributed by atoms with van der Waals surface area (Å²) in [4.78, 5) is 10.7. The van der Waals surface area contributed by atoms with Crippen molar-refractivity contribution >= 4 is 5.97 Å². The Morgan fingerprint density at radius 3 is 3.07 bits per heavy atom. The maximum atomic E-state index is 10.7. The van der Waals surface area contributed by atoms with Gasteiger partial charge in [0.15, 0.2) is 6.10 Å². The Hall–Kier alpha value is -1.71. The fourth-order valence-electron chi connectivity index (χ4n) is 1.47. The Kier molecular flexibility index (Phi) is 2.04. The molecule has 14 heavy (non-hydrogen) atoms. The normalized spacial score (nSPS) is 18.5. The second kappa shape index (κ2) is 3.21. The lowest BCUT2D eigenvalue weighted by Gasteiger charge is -2.04. The van der Waals surface area contributed by atoms with Crippen molar-refractivity contribution in [3.63, 3.8) is 0 Å². The summed E-state index contributed by atoms with van der Waals surface area (Å²) in [7, 11) is 1.56. The molecule has 1 aliphatic heterocycles. The Bertz CT molecular complexity index is 372. The molecule has 4 heteroatoms. The van der Waals surface area contributed by atoms with Gasteiger partial charge >= 0.3 is 5.97 Å². The van der Waals surface area contributed by atoms with Crippen LogP contribution in [0.5, 0.6) is 11.5 Å². The van der Waals surface area contributed by atoms with E-state index in [1.54, 1.807) is 19.2 Å². The number of hydrogen-bond acceptors (Lipinski definition) is 3. The van der Waals surface area contributed by atoms with E-state index in [2.05, 4.69) is 0 Å². The van der Waals surface area contributed by atoms with Crippen molar-refractivity contribution < 1.29 is 19.4 Å². The van der Waals surface area contributed by atoms with Crippen LogP contribution in [0.15, 0.2) is 18.2 Å². The van der Waals surface area contributed by atoms with E-state index in [9.17, 15) is 4.79 Å². The smallest absolute Gasteiger partial charge is 0.345 e. The number of carboxylic acids is 1. The van der Waals surface area contributed by atoms with Crippen molar-refractivity contribution in [1.29, 1.82) is 0 Å². The predicted molar refractivity (Wildman–Crippen MR) is 48.7 cm³/mol.